The number of aryl methyl sites for hydroxylation is 1. The molecule has 6 heteroatoms. The fraction of sp³-hybridized carbons (Fsp3) is 0.500. The van der Waals surface area contributed by atoms with Crippen molar-refractivity contribution in [1.82, 2.24) is 19.9 Å². The minimum Gasteiger partial charge on any atom is -0.350 e. The van der Waals surface area contributed by atoms with Crippen LogP contribution >= 0.6 is 0 Å². The third kappa shape index (κ3) is 2.11. The second-order valence-electron chi connectivity index (χ2n) is 5.45. The maximum Gasteiger partial charge on any atom is 0.227 e. The number of nitrogens with one attached hydrogen (secondary N) is 1. The molecule has 3 heterocycles. The summed E-state index contributed by atoms with van der Waals surface area (Å²) in [6.45, 7) is 5.91. The predicted molar refractivity (Wildman–Crippen MR) is 79.2 cm³/mol. The standard InChI is InChI=1S/C14H20N6/c1-9-10(2)17-14(19(3)4)18-13(9)20-6-5-11-12(7-20)16-8-15-11/h8H,5-7H2,1-4H3,(H,15,16). The number of imidazole rings is 1. The van der Waals surface area contributed by atoms with Crippen LogP contribution < -0.4 is 9.80 Å². The highest BCUT2D eigenvalue weighted by atomic mass is 15.3. The summed E-state index contributed by atoms with van der Waals surface area (Å²) in [5.41, 5.74) is 4.56. The molecule has 0 atom stereocenters. The topological polar surface area (TPSA) is 60.9 Å². The van der Waals surface area contributed by atoms with E-state index in [4.69, 9.17) is 4.98 Å². The molecule has 106 valence electrons. The number of fused-ring (bicyclic) bond motifs is 1. The number of hydrogen-bond donors (Lipinski definition) is 1. The Morgan fingerprint density at radius 3 is 2.80 bits per heavy atom. The molecular formula is C14H20N6. The van der Waals surface area contributed by atoms with Gasteiger partial charge in [-0.15, -0.1) is 0 Å². The number of aromatic amines is 1. The molecule has 0 spiro atoms. The largest absolute Gasteiger partial charge is 0.350 e. The maximum absolute atomic E-state index is 4.72. The van der Waals surface area contributed by atoms with Gasteiger partial charge in [0.05, 0.1) is 24.3 Å². The fourth-order valence-electron chi connectivity index (χ4n) is 2.50. The van der Waals surface area contributed by atoms with E-state index in [-0.39, 0.29) is 0 Å². The zero-order chi connectivity index (χ0) is 14.3. The molecule has 0 unspecified atom stereocenters. The first kappa shape index (κ1) is 12.9. The molecule has 2 aromatic heterocycles. The number of hydrogen-bond acceptors (Lipinski definition) is 5. The zero-order valence-corrected chi connectivity index (χ0v) is 12.4. The van der Waals surface area contributed by atoms with Crippen molar-refractivity contribution in [1.29, 1.82) is 0 Å². The van der Waals surface area contributed by atoms with E-state index >= 15 is 0 Å². The predicted octanol–water partition coefficient (Wildman–Crippen LogP) is 1.45. The Kier molecular flexibility index (Phi) is 3.08. The fourth-order valence-corrected chi connectivity index (χ4v) is 2.50. The van der Waals surface area contributed by atoms with Crippen molar-refractivity contribution in [2.45, 2.75) is 26.8 Å². The normalized spacial score (nSPS) is 14.3. The lowest BCUT2D eigenvalue weighted by Gasteiger charge is -2.29. The van der Waals surface area contributed by atoms with E-state index in [0.29, 0.717) is 0 Å². The van der Waals surface area contributed by atoms with Gasteiger partial charge in [0.1, 0.15) is 5.82 Å². The van der Waals surface area contributed by atoms with Crippen molar-refractivity contribution in [3.8, 4) is 0 Å². The van der Waals surface area contributed by atoms with Crippen LogP contribution in [0, 0.1) is 13.8 Å². The smallest absolute Gasteiger partial charge is 0.227 e. The highest BCUT2D eigenvalue weighted by Crippen LogP contribution is 2.26. The van der Waals surface area contributed by atoms with E-state index in [2.05, 4.69) is 26.8 Å². The number of H-pyrrole nitrogens is 1. The molecule has 3 rings (SSSR count). The summed E-state index contributed by atoms with van der Waals surface area (Å²) in [6.07, 6.45) is 2.73. The van der Waals surface area contributed by atoms with Crippen molar-refractivity contribution in [2.75, 3.05) is 30.4 Å². The zero-order valence-electron chi connectivity index (χ0n) is 12.4. The van der Waals surface area contributed by atoms with Gasteiger partial charge in [-0.25, -0.2) is 9.97 Å². The van der Waals surface area contributed by atoms with Crippen LogP contribution in [0.2, 0.25) is 0 Å². The van der Waals surface area contributed by atoms with Gasteiger partial charge >= 0.3 is 0 Å². The minimum atomic E-state index is 0.763. The monoisotopic (exact) mass is 272 g/mol. The third-order valence-corrected chi connectivity index (χ3v) is 3.83. The first-order valence-electron chi connectivity index (χ1n) is 6.85. The second kappa shape index (κ2) is 4.77. The Balaban J connectivity index is 1.98. The van der Waals surface area contributed by atoms with Gasteiger partial charge in [-0.2, -0.15) is 4.98 Å². The van der Waals surface area contributed by atoms with Gasteiger partial charge in [0.15, 0.2) is 0 Å². The molecule has 1 aliphatic rings. The lowest BCUT2D eigenvalue weighted by atomic mass is 10.1. The van der Waals surface area contributed by atoms with Gasteiger partial charge in [-0.1, -0.05) is 0 Å². The lowest BCUT2D eigenvalue weighted by Crippen LogP contribution is -2.32. The summed E-state index contributed by atoms with van der Waals surface area (Å²) < 4.78 is 0. The first-order valence-corrected chi connectivity index (χ1v) is 6.85. The molecule has 0 aromatic carbocycles. The summed E-state index contributed by atoms with van der Waals surface area (Å²) in [5.74, 6) is 1.79. The molecule has 0 amide bonds. The lowest BCUT2D eigenvalue weighted by molar-refractivity contribution is 0.695. The Hall–Kier alpha value is -2.11. The number of nitrogens with zero attached hydrogens (tertiary/aromatic N) is 5. The molecule has 20 heavy (non-hydrogen) atoms. The molecule has 0 aliphatic carbocycles. The van der Waals surface area contributed by atoms with Crippen LogP contribution in [0.25, 0.3) is 0 Å². The molecule has 1 aliphatic heterocycles. The molecule has 0 bridgehead atoms. The first-order chi connectivity index (χ1) is 9.56. The SMILES string of the molecule is Cc1nc(N(C)C)nc(N2CCc3nc[nH]c3C2)c1C. The van der Waals surface area contributed by atoms with Crippen LogP contribution in [-0.4, -0.2) is 40.6 Å². The maximum atomic E-state index is 4.72. The van der Waals surface area contributed by atoms with Gasteiger partial charge < -0.3 is 14.8 Å². The summed E-state index contributed by atoms with van der Waals surface area (Å²) in [5, 5.41) is 0. The van der Waals surface area contributed by atoms with Gasteiger partial charge in [0.2, 0.25) is 5.95 Å². The van der Waals surface area contributed by atoms with E-state index in [0.717, 1.165) is 42.5 Å². The molecular weight excluding hydrogens is 252 g/mol. The molecule has 6 nitrogen and oxygen atoms in total. The van der Waals surface area contributed by atoms with Crippen molar-refractivity contribution in [3.63, 3.8) is 0 Å². The molecule has 0 saturated heterocycles. The Morgan fingerprint density at radius 1 is 1.25 bits per heavy atom. The van der Waals surface area contributed by atoms with Crippen LogP contribution in [0.5, 0.6) is 0 Å². The average Bonchev–Trinajstić information content (AvgIpc) is 2.88. The van der Waals surface area contributed by atoms with E-state index < -0.39 is 0 Å². The third-order valence-electron chi connectivity index (χ3n) is 3.83. The number of aromatic nitrogens is 4. The van der Waals surface area contributed by atoms with Crippen molar-refractivity contribution in [2.24, 2.45) is 0 Å². The van der Waals surface area contributed by atoms with Crippen LogP contribution in [0.3, 0.4) is 0 Å². The summed E-state index contributed by atoms with van der Waals surface area (Å²) in [4.78, 5) is 21.1. The van der Waals surface area contributed by atoms with Gasteiger partial charge in [0, 0.05) is 38.3 Å². The molecule has 0 fully saturated rings. The highest BCUT2D eigenvalue weighted by molar-refractivity contribution is 5.53. The number of anilines is 2. The summed E-state index contributed by atoms with van der Waals surface area (Å²) >= 11 is 0. The molecule has 0 saturated carbocycles. The van der Waals surface area contributed by atoms with E-state index in [1.165, 1.54) is 11.4 Å². The van der Waals surface area contributed by atoms with E-state index in [1.54, 1.807) is 6.33 Å². The quantitative estimate of drug-likeness (QED) is 0.896. The second-order valence-corrected chi connectivity index (χ2v) is 5.45. The molecule has 0 radical (unpaired) electrons. The van der Waals surface area contributed by atoms with Crippen molar-refractivity contribution < 1.29 is 0 Å². The Morgan fingerprint density at radius 2 is 2.05 bits per heavy atom. The van der Waals surface area contributed by atoms with Crippen LogP contribution in [0.4, 0.5) is 11.8 Å². The average molecular weight is 272 g/mol. The van der Waals surface area contributed by atoms with E-state index in [1.807, 2.05) is 25.9 Å². The van der Waals surface area contributed by atoms with Crippen molar-refractivity contribution in [3.05, 3.63) is 29.0 Å². The van der Waals surface area contributed by atoms with Gasteiger partial charge in [0.25, 0.3) is 0 Å². The minimum absolute atomic E-state index is 0.763. The van der Waals surface area contributed by atoms with Gasteiger partial charge in [-0.3, -0.25) is 0 Å². The Bertz CT molecular complexity index is 631. The summed E-state index contributed by atoms with van der Waals surface area (Å²) in [7, 11) is 3.94. The Labute approximate surface area is 118 Å². The van der Waals surface area contributed by atoms with Crippen LogP contribution in [0.15, 0.2) is 6.33 Å². The molecule has 1 N–H and O–H groups in total. The van der Waals surface area contributed by atoms with Crippen LogP contribution in [0.1, 0.15) is 22.6 Å². The van der Waals surface area contributed by atoms with Crippen molar-refractivity contribution >= 4 is 11.8 Å². The van der Waals surface area contributed by atoms with Crippen LogP contribution in [-0.2, 0) is 13.0 Å². The number of rotatable bonds is 2. The molecule has 2 aromatic rings. The van der Waals surface area contributed by atoms with E-state index in [9.17, 15) is 0 Å². The summed E-state index contributed by atoms with van der Waals surface area (Å²) in [6, 6.07) is 0. The van der Waals surface area contributed by atoms with Gasteiger partial charge in [-0.05, 0) is 13.8 Å². The highest BCUT2D eigenvalue weighted by Gasteiger charge is 2.22.